The van der Waals surface area contributed by atoms with Crippen molar-refractivity contribution in [2.24, 2.45) is 0 Å². The van der Waals surface area contributed by atoms with Gasteiger partial charge in [-0.25, -0.2) is 14.6 Å². The molecule has 3 rings (SSSR count). The molecular weight excluding hydrogens is 390 g/mol. The number of nitrogen functional groups attached to an aromatic ring is 1. The van der Waals surface area contributed by atoms with E-state index in [1.54, 1.807) is 13.8 Å². The van der Waals surface area contributed by atoms with Crippen LogP contribution in [0.15, 0.2) is 21.2 Å². The zero-order valence-corrected chi connectivity index (χ0v) is 15.7. The second-order valence-corrected chi connectivity index (χ2v) is 7.25. The normalized spacial score (nSPS) is 11.9. The predicted molar refractivity (Wildman–Crippen MR) is 95.3 cm³/mol. The Morgan fingerprint density at radius 1 is 1.28 bits per heavy atom. The van der Waals surface area contributed by atoms with Crippen LogP contribution in [0.2, 0.25) is 0 Å². The third-order valence-electron chi connectivity index (χ3n) is 3.55. The molecule has 0 bridgehead atoms. The molecule has 9 heteroatoms. The summed E-state index contributed by atoms with van der Waals surface area (Å²) < 4.78 is 11.0. The molecule has 0 aliphatic heterocycles. The Balaban J connectivity index is 1.91. The molecule has 0 saturated carbocycles. The molecule has 25 heavy (non-hydrogen) atoms. The van der Waals surface area contributed by atoms with E-state index in [0.717, 1.165) is 17.0 Å². The maximum absolute atomic E-state index is 9.81. The summed E-state index contributed by atoms with van der Waals surface area (Å²) in [7, 11) is 0. The summed E-state index contributed by atoms with van der Waals surface area (Å²) in [5.74, 6) is 0.410. The van der Waals surface area contributed by atoms with E-state index in [0.29, 0.717) is 33.6 Å². The van der Waals surface area contributed by atoms with Crippen molar-refractivity contribution < 1.29 is 14.5 Å². The van der Waals surface area contributed by atoms with Crippen LogP contribution in [0.25, 0.3) is 11.2 Å². The predicted octanol–water partition coefficient (Wildman–Crippen LogP) is 2.41. The highest BCUT2D eigenvalue weighted by Crippen LogP contribution is 2.28. The van der Waals surface area contributed by atoms with E-state index < -0.39 is 5.60 Å². The minimum atomic E-state index is -0.951. The number of fused-ring (bicyclic) bond motifs is 1. The molecule has 0 unspecified atom stereocenters. The summed E-state index contributed by atoms with van der Waals surface area (Å²) in [5.41, 5.74) is 8.85. The third-order valence-corrected chi connectivity index (χ3v) is 4.16. The largest absolute Gasteiger partial charge is 0.474 e. The minimum Gasteiger partial charge on any atom is -0.474 e. The lowest BCUT2D eigenvalue weighted by Gasteiger charge is -2.18. The third kappa shape index (κ3) is 3.88. The van der Waals surface area contributed by atoms with Gasteiger partial charge in [0, 0.05) is 23.4 Å². The van der Waals surface area contributed by atoms with Gasteiger partial charge in [-0.15, -0.1) is 0 Å². The van der Waals surface area contributed by atoms with Crippen molar-refractivity contribution in [1.29, 1.82) is 0 Å². The van der Waals surface area contributed by atoms with Gasteiger partial charge in [-0.3, -0.25) is 0 Å². The molecule has 8 nitrogen and oxygen atoms in total. The first-order valence-corrected chi connectivity index (χ1v) is 8.42. The fourth-order valence-corrected chi connectivity index (χ4v) is 2.64. The molecule has 3 N–H and O–H groups in total. The molecular formula is C16H18BrN5O3. The maximum atomic E-state index is 9.81. The zero-order chi connectivity index (χ0) is 18.2. The SMILES string of the molecule is Cc1nc2nonc2c(N)c1Cc1ccc(Br)c(OCC(C)(C)O)n1. The monoisotopic (exact) mass is 407 g/mol. The van der Waals surface area contributed by atoms with Crippen molar-refractivity contribution in [3.8, 4) is 5.88 Å². The lowest BCUT2D eigenvalue weighted by molar-refractivity contribution is 0.0265. The van der Waals surface area contributed by atoms with Crippen LogP contribution >= 0.6 is 15.9 Å². The molecule has 0 atom stereocenters. The van der Waals surface area contributed by atoms with Crippen LogP contribution < -0.4 is 10.5 Å². The standard InChI is InChI=1S/C16H18BrN5O3/c1-8-10(12(18)13-14(19-8)22-25-21-13)6-9-4-5-11(17)15(20-9)24-7-16(2,3)23/h4-5,23H,6-7,18H2,1-3H3. The zero-order valence-electron chi connectivity index (χ0n) is 14.1. The smallest absolute Gasteiger partial charge is 0.228 e. The summed E-state index contributed by atoms with van der Waals surface area (Å²) in [6.07, 6.45) is 0.458. The van der Waals surface area contributed by atoms with Crippen molar-refractivity contribution in [2.45, 2.75) is 32.8 Å². The van der Waals surface area contributed by atoms with Gasteiger partial charge in [0.25, 0.3) is 0 Å². The quantitative estimate of drug-likeness (QED) is 0.661. The van der Waals surface area contributed by atoms with Gasteiger partial charge < -0.3 is 15.6 Å². The van der Waals surface area contributed by atoms with E-state index >= 15 is 0 Å². The van der Waals surface area contributed by atoms with Crippen LogP contribution in [0.3, 0.4) is 0 Å². The number of halogens is 1. The van der Waals surface area contributed by atoms with Crippen LogP contribution in [0.1, 0.15) is 30.8 Å². The minimum absolute atomic E-state index is 0.126. The lowest BCUT2D eigenvalue weighted by atomic mass is 10.1. The van der Waals surface area contributed by atoms with E-state index in [1.807, 2.05) is 19.1 Å². The number of aliphatic hydroxyl groups is 1. The number of nitrogens with zero attached hydrogens (tertiary/aromatic N) is 4. The molecule has 0 radical (unpaired) electrons. The van der Waals surface area contributed by atoms with Gasteiger partial charge >= 0.3 is 0 Å². The highest BCUT2D eigenvalue weighted by Gasteiger charge is 2.18. The van der Waals surface area contributed by atoms with Gasteiger partial charge in [0.1, 0.15) is 6.61 Å². The fourth-order valence-electron chi connectivity index (χ4n) is 2.30. The molecule has 0 spiro atoms. The average Bonchev–Trinajstić information content (AvgIpc) is 2.99. The molecule has 0 aliphatic rings. The Bertz CT molecular complexity index is 920. The number of rotatable bonds is 5. The van der Waals surface area contributed by atoms with Gasteiger partial charge in [-0.2, -0.15) is 0 Å². The van der Waals surface area contributed by atoms with Gasteiger partial charge in [-0.05, 0) is 59.1 Å². The van der Waals surface area contributed by atoms with E-state index in [4.69, 9.17) is 15.1 Å². The molecule has 0 fully saturated rings. The van der Waals surface area contributed by atoms with E-state index in [1.165, 1.54) is 0 Å². The van der Waals surface area contributed by atoms with Crippen LogP contribution in [0.4, 0.5) is 5.69 Å². The number of aryl methyl sites for hydroxylation is 1. The van der Waals surface area contributed by atoms with Gasteiger partial charge in [0.15, 0.2) is 5.52 Å². The highest BCUT2D eigenvalue weighted by molar-refractivity contribution is 9.10. The summed E-state index contributed by atoms with van der Waals surface area (Å²) in [4.78, 5) is 8.85. The topological polar surface area (TPSA) is 120 Å². The van der Waals surface area contributed by atoms with Crippen LogP contribution in [-0.2, 0) is 6.42 Å². The molecule has 3 aromatic heterocycles. The Morgan fingerprint density at radius 2 is 2.04 bits per heavy atom. The average molecular weight is 408 g/mol. The van der Waals surface area contributed by atoms with E-state index in [-0.39, 0.29) is 6.61 Å². The first-order valence-electron chi connectivity index (χ1n) is 7.62. The first-order chi connectivity index (χ1) is 11.7. The summed E-state index contributed by atoms with van der Waals surface area (Å²) >= 11 is 3.40. The van der Waals surface area contributed by atoms with Crippen LogP contribution in [0.5, 0.6) is 5.88 Å². The molecule has 0 aliphatic carbocycles. The van der Waals surface area contributed by atoms with Crippen molar-refractivity contribution >= 4 is 32.8 Å². The van der Waals surface area contributed by atoms with E-state index in [2.05, 4.69) is 36.2 Å². The molecule has 0 amide bonds. The van der Waals surface area contributed by atoms with Crippen LogP contribution in [-0.4, -0.2) is 37.6 Å². The molecule has 132 valence electrons. The molecule has 0 aromatic carbocycles. The molecule has 3 aromatic rings. The highest BCUT2D eigenvalue weighted by atomic mass is 79.9. The second-order valence-electron chi connectivity index (χ2n) is 6.39. The Morgan fingerprint density at radius 3 is 2.76 bits per heavy atom. The van der Waals surface area contributed by atoms with Crippen molar-refractivity contribution in [1.82, 2.24) is 20.3 Å². The summed E-state index contributed by atoms with van der Waals surface area (Å²) in [6.45, 7) is 5.31. The summed E-state index contributed by atoms with van der Waals surface area (Å²) in [6, 6.07) is 3.71. The van der Waals surface area contributed by atoms with Crippen molar-refractivity contribution in [3.05, 3.63) is 33.6 Å². The van der Waals surface area contributed by atoms with Gasteiger partial charge in [0.2, 0.25) is 11.5 Å². The number of hydrogen-bond donors (Lipinski definition) is 2. The van der Waals surface area contributed by atoms with Crippen molar-refractivity contribution in [2.75, 3.05) is 12.3 Å². The Hall–Kier alpha value is -2.26. The number of pyridine rings is 2. The number of ether oxygens (including phenoxy) is 1. The van der Waals surface area contributed by atoms with E-state index in [9.17, 15) is 5.11 Å². The Labute approximate surface area is 152 Å². The number of anilines is 1. The Kier molecular flexibility index (Phi) is 4.61. The fraction of sp³-hybridized carbons (Fsp3) is 0.375. The van der Waals surface area contributed by atoms with Crippen molar-refractivity contribution in [3.63, 3.8) is 0 Å². The second kappa shape index (κ2) is 6.57. The van der Waals surface area contributed by atoms with Gasteiger partial charge in [-0.1, -0.05) is 0 Å². The van der Waals surface area contributed by atoms with Crippen LogP contribution in [0, 0.1) is 6.92 Å². The molecule has 3 heterocycles. The molecule has 0 saturated heterocycles. The maximum Gasteiger partial charge on any atom is 0.228 e. The first kappa shape index (κ1) is 17.6. The number of nitrogens with two attached hydrogens (primary N) is 1. The number of aromatic nitrogens is 4. The lowest BCUT2D eigenvalue weighted by Crippen LogP contribution is -2.28. The summed E-state index contributed by atoms with van der Waals surface area (Å²) in [5, 5.41) is 17.3. The number of hydrogen-bond acceptors (Lipinski definition) is 8. The van der Waals surface area contributed by atoms with Gasteiger partial charge in [0.05, 0.1) is 15.8 Å².